The number of benzene rings is 2. The van der Waals surface area contributed by atoms with Crippen LogP contribution in [0.5, 0.6) is 0 Å². The van der Waals surface area contributed by atoms with Crippen LogP contribution < -0.4 is 0 Å². The van der Waals surface area contributed by atoms with E-state index in [0.717, 1.165) is 27.7 Å². The van der Waals surface area contributed by atoms with Crippen LogP contribution in [-0.4, -0.2) is 41.9 Å². The van der Waals surface area contributed by atoms with Gasteiger partial charge in [-0.3, -0.25) is 4.79 Å². The summed E-state index contributed by atoms with van der Waals surface area (Å²) >= 11 is 0. The zero-order valence-electron chi connectivity index (χ0n) is 16.5. The molecule has 0 radical (unpaired) electrons. The summed E-state index contributed by atoms with van der Waals surface area (Å²) < 4.78 is 27.5. The Hall–Kier alpha value is -2.48. The van der Waals surface area contributed by atoms with Crippen molar-refractivity contribution in [3.63, 3.8) is 0 Å². The van der Waals surface area contributed by atoms with Gasteiger partial charge in [0.25, 0.3) is 0 Å². The average molecular weight is 447 g/mol. The molecule has 1 aromatic heterocycles. The van der Waals surface area contributed by atoms with Crippen molar-refractivity contribution in [2.75, 3.05) is 13.1 Å². The Morgan fingerprint density at radius 3 is 2.47 bits per heavy atom. The fraction of sp³-hybridized carbons (Fsp3) is 0.273. The van der Waals surface area contributed by atoms with Crippen molar-refractivity contribution in [3.8, 4) is 11.3 Å². The Kier molecular flexibility index (Phi) is 6.45. The predicted molar refractivity (Wildman–Crippen MR) is 118 cm³/mol. The van der Waals surface area contributed by atoms with Gasteiger partial charge in [0.15, 0.2) is 0 Å². The van der Waals surface area contributed by atoms with Crippen LogP contribution in [-0.2, 0) is 14.8 Å². The number of pyridine rings is 1. The molecule has 0 spiro atoms. The maximum Gasteiger partial charge on any atom is 0.306 e. The summed E-state index contributed by atoms with van der Waals surface area (Å²) in [5, 5.41) is 10.2. The highest BCUT2D eigenvalue weighted by molar-refractivity contribution is 7.89. The van der Waals surface area contributed by atoms with Crippen molar-refractivity contribution in [1.29, 1.82) is 0 Å². The molecule has 158 valence electrons. The fourth-order valence-corrected chi connectivity index (χ4v) is 5.32. The zero-order valence-corrected chi connectivity index (χ0v) is 18.1. The first-order valence-corrected chi connectivity index (χ1v) is 11.0. The molecular weight excluding hydrogens is 424 g/mol. The number of sulfonamides is 1. The molecule has 4 rings (SSSR count). The van der Waals surface area contributed by atoms with Crippen LogP contribution in [0.25, 0.3) is 22.2 Å². The number of hydrogen-bond donors (Lipinski definition) is 1. The number of rotatable bonds is 4. The van der Waals surface area contributed by atoms with Gasteiger partial charge >= 0.3 is 5.97 Å². The average Bonchev–Trinajstić information content (AvgIpc) is 2.74. The standard InChI is InChI=1S/C22H22N2O4S.ClH/c1-15-13-21(23-20-8-3-2-7-19(15)20)17-5-4-6-18(14-17)29(27,28)24-11-9-16(10-12-24)22(25)26;/h2-8,13-14,16H,9-12H2,1H3,(H,25,26);1H. The van der Waals surface area contributed by atoms with Gasteiger partial charge in [-0.15, -0.1) is 12.4 Å². The molecule has 1 fully saturated rings. The minimum absolute atomic E-state index is 0. The first kappa shape index (κ1) is 22.2. The van der Waals surface area contributed by atoms with Crippen LogP contribution in [0.15, 0.2) is 59.5 Å². The minimum atomic E-state index is -3.68. The quantitative estimate of drug-likeness (QED) is 0.651. The Morgan fingerprint density at radius 2 is 1.77 bits per heavy atom. The van der Waals surface area contributed by atoms with Crippen LogP contribution >= 0.6 is 12.4 Å². The van der Waals surface area contributed by atoms with Crippen molar-refractivity contribution in [3.05, 3.63) is 60.2 Å². The lowest BCUT2D eigenvalue weighted by atomic mass is 9.99. The lowest BCUT2D eigenvalue weighted by Crippen LogP contribution is -2.40. The highest BCUT2D eigenvalue weighted by Gasteiger charge is 2.32. The molecular formula is C22H23ClN2O4S. The van der Waals surface area contributed by atoms with E-state index in [2.05, 4.69) is 0 Å². The van der Waals surface area contributed by atoms with Crippen molar-refractivity contribution in [2.24, 2.45) is 5.92 Å². The Balaban J connectivity index is 0.00000256. The van der Waals surface area contributed by atoms with E-state index in [0.29, 0.717) is 12.8 Å². The number of para-hydroxylation sites is 1. The number of hydrogen-bond acceptors (Lipinski definition) is 4. The summed E-state index contributed by atoms with van der Waals surface area (Å²) in [5.41, 5.74) is 3.41. The maximum atomic E-state index is 13.1. The van der Waals surface area contributed by atoms with Crippen molar-refractivity contribution in [1.82, 2.24) is 9.29 Å². The number of aryl methyl sites for hydroxylation is 1. The third-order valence-electron chi connectivity index (χ3n) is 5.49. The molecule has 1 N–H and O–H groups in total. The number of carboxylic acid groups (broad SMARTS) is 1. The van der Waals surface area contributed by atoms with Gasteiger partial charge in [0.05, 0.1) is 22.0 Å². The molecule has 0 aliphatic carbocycles. The molecule has 30 heavy (non-hydrogen) atoms. The van der Waals surface area contributed by atoms with Crippen LogP contribution in [0.4, 0.5) is 0 Å². The van der Waals surface area contributed by atoms with E-state index in [1.807, 2.05) is 43.3 Å². The van der Waals surface area contributed by atoms with E-state index in [4.69, 9.17) is 10.1 Å². The van der Waals surface area contributed by atoms with Gasteiger partial charge in [-0.2, -0.15) is 4.31 Å². The van der Waals surface area contributed by atoms with Crippen LogP contribution in [0, 0.1) is 12.8 Å². The summed E-state index contributed by atoms with van der Waals surface area (Å²) in [7, 11) is -3.68. The number of piperidine rings is 1. The van der Waals surface area contributed by atoms with Gasteiger partial charge in [-0.25, -0.2) is 13.4 Å². The Labute approximate surface area is 182 Å². The molecule has 8 heteroatoms. The molecule has 0 bridgehead atoms. The van der Waals surface area contributed by atoms with Gasteiger partial charge in [0, 0.05) is 24.0 Å². The van der Waals surface area contributed by atoms with Crippen LogP contribution in [0.1, 0.15) is 18.4 Å². The number of carbonyl (C=O) groups is 1. The molecule has 0 saturated carbocycles. The SMILES string of the molecule is Cc1cc(-c2cccc(S(=O)(=O)N3CCC(C(=O)O)CC3)c2)nc2ccccc12.Cl. The van der Waals surface area contributed by atoms with E-state index >= 15 is 0 Å². The summed E-state index contributed by atoms with van der Waals surface area (Å²) in [4.78, 5) is 16.0. The second-order valence-electron chi connectivity index (χ2n) is 7.39. The third kappa shape index (κ3) is 4.19. The van der Waals surface area contributed by atoms with Crippen molar-refractivity contribution in [2.45, 2.75) is 24.7 Å². The summed E-state index contributed by atoms with van der Waals surface area (Å²) in [5.74, 6) is -1.33. The number of nitrogens with zero attached hydrogens (tertiary/aromatic N) is 2. The molecule has 0 amide bonds. The second-order valence-corrected chi connectivity index (χ2v) is 9.32. The lowest BCUT2D eigenvalue weighted by molar-refractivity contribution is -0.142. The summed E-state index contributed by atoms with van der Waals surface area (Å²) in [6, 6.07) is 16.6. The Bertz CT molecular complexity index is 1190. The van der Waals surface area contributed by atoms with E-state index in [1.54, 1.807) is 18.2 Å². The maximum absolute atomic E-state index is 13.1. The smallest absolute Gasteiger partial charge is 0.306 e. The van der Waals surface area contributed by atoms with Gasteiger partial charge < -0.3 is 5.11 Å². The molecule has 2 aromatic carbocycles. The van der Waals surface area contributed by atoms with Crippen LogP contribution in [0.2, 0.25) is 0 Å². The minimum Gasteiger partial charge on any atom is -0.481 e. The molecule has 1 aliphatic rings. The van der Waals surface area contributed by atoms with Crippen LogP contribution in [0.3, 0.4) is 0 Å². The Morgan fingerprint density at radius 1 is 1.07 bits per heavy atom. The molecule has 0 unspecified atom stereocenters. The molecule has 3 aromatic rings. The topological polar surface area (TPSA) is 87.6 Å². The lowest BCUT2D eigenvalue weighted by Gasteiger charge is -2.29. The van der Waals surface area contributed by atoms with Crippen molar-refractivity contribution >= 4 is 39.3 Å². The summed E-state index contributed by atoms with van der Waals surface area (Å²) in [6.45, 7) is 2.45. The molecule has 0 atom stereocenters. The monoisotopic (exact) mass is 446 g/mol. The number of aromatic nitrogens is 1. The largest absolute Gasteiger partial charge is 0.481 e. The fourth-order valence-electron chi connectivity index (χ4n) is 3.81. The molecule has 6 nitrogen and oxygen atoms in total. The normalized spacial score (nSPS) is 15.6. The number of halogens is 1. The zero-order chi connectivity index (χ0) is 20.6. The first-order valence-electron chi connectivity index (χ1n) is 9.56. The van der Waals surface area contributed by atoms with E-state index < -0.39 is 21.9 Å². The third-order valence-corrected chi connectivity index (χ3v) is 7.39. The number of aliphatic carboxylic acids is 1. The van der Waals surface area contributed by atoms with Gasteiger partial charge in [-0.05, 0) is 49.6 Å². The van der Waals surface area contributed by atoms with E-state index in [1.165, 1.54) is 4.31 Å². The molecule has 2 heterocycles. The highest BCUT2D eigenvalue weighted by atomic mass is 35.5. The predicted octanol–water partition coefficient (Wildman–Crippen LogP) is 4.12. The number of carboxylic acids is 1. The first-order chi connectivity index (χ1) is 13.9. The van der Waals surface area contributed by atoms with Gasteiger partial charge in [-0.1, -0.05) is 30.3 Å². The van der Waals surface area contributed by atoms with E-state index in [9.17, 15) is 13.2 Å². The molecule has 1 aliphatic heterocycles. The van der Waals surface area contributed by atoms with Crippen molar-refractivity contribution < 1.29 is 18.3 Å². The number of fused-ring (bicyclic) bond motifs is 1. The molecule has 1 saturated heterocycles. The highest BCUT2D eigenvalue weighted by Crippen LogP contribution is 2.28. The van der Waals surface area contributed by atoms with E-state index in [-0.39, 0.29) is 30.4 Å². The summed E-state index contributed by atoms with van der Waals surface area (Å²) in [6.07, 6.45) is 0.666. The van der Waals surface area contributed by atoms with Gasteiger partial charge in [0.1, 0.15) is 0 Å². The van der Waals surface area contributed by atoms with Gasteiger partial charge in [0.2, 0.25) is 10.0 Å². The second kappa shape index (κ2) is 8.71.